The summed E-state index contributed by atoms with van der Waals surface area (Å²) < 4.78 is 1.01. The molecule has 0 aliphatic heterocycles. The molecule has 0 spiro atoms. The Kier molecular flexibility index (Phi) is 2.00. The van der Waals surface area contributed by atoms with Crippen LogP contribution >= 0.6 is 11.3 Å². The van der Waals surface area contributed by atoms with Gasteiger partial charge in [0.1, 0.15) is 5.75 Å². The summed E-state index contributed by atoms with van der Waals surface area (Å²) in [6.45, 7) is 4.34. The molecule has 2 rings (SSSR count). The van der Waals surface area contributed by atoms with Crippen LogP contribution in [0.2, 0.25) is 0 Å². The minimum atomic E-state index is 0.398. The van der Waals surface area contributed by atoms with Gasteiger partial charge in [-0.1, -0.05) is 26.0 Å². The first-order chi connectivity index (χ1) is 6.20. The third-order valence-electron chi connectivity index (χ3n) is 2.23. The monoisotopic (exact) mass is 192 g/mol. The van der Waals surface area contributed by atoms with Crippen LogP contribution in [0.3, 0.4) is 0 Å². The van der Waals surface area contributed by atoms with Gasteiger partial charge in [0.05, 0.1) is 4.70 Å². The summed E-state index contributed by atoms with van der Waals surface area (Å²) >= 11 is 1.62. The first-order valence-electron chi connectivity index (χ1n) is 4.39. The molecule has 1 nitrogen and oxygen atoms in total. The van der Waals surface area contributed by atoms with Crippen molar-refractivity contribution in [3.8, 4) is 5.75 Å². The molecule has 1 N–H and O–H groups in total. The molecule has 0 aliphatic rings. The van der Waals surface area contributed by atoms with Gasteiger partial charge in [0.2, 0.25) is 0 Å². The number of phenolic OH excluding ortho intramolecular Hbond substituents is 1. The van der Waals surface area contributed by atoms with E-state index in [9.17, 15) is 5.11 Å². The highest BCUT2D eigenvalue weighted by Crippen LogP contribution is 2.35. The highest BCUT2D eigenvalue weighted by molar-refractivity contribution is 7.17. The largest absolute Gasteiger partial charge is 0.506 e. The van der Waals surface area contributed by atoms with Gasteiger partial charge in [0.15, 0.2) is 0 Å². The number of phenols is 1. The molecule has 0 amide bonds. The van der Waals surface area contributed by atoms with E-state index in [1.165, 1.54) is 10.9 Å². The molecule has 0 fully saturated rings. The van der Waals surface area contributed by atoms with Crippen molar-refractivity contribution in [2.45, 2.75) is 19.8 Å². The number of rotatable bonds is 1. The summed E-state index contributed by atoms with van der Waals surface area (Å²) in [4.78, 5) is 0. The van der Waals surface area contributed by atoms with Gasteiger partial charge in [-0.15, -0.1) is 11.3 Å². The highest BCUT2D eigenvalue weighted by Gasteiger charge is 2.09. The van der Waals surface area contributed by atoms with Crippen LogP contribution < -0.4 is 0 Å². The highest BCUT2D eigenvalue weighted by atomic mass is 32.1. The maximum Gasteiger partial charge on any atom is 0.133 e. The van der Waals surface area contributed by atoms with Crippen LogP contribution in [0.15, 0.2) is 23.6 Å². The molecular formula is C11H12OS. The van der Waals surface area contributed by atoms with E-state index in [4.69, 9.17) is 0 Å². The third kappa shape index (κ3) is 1.31. The quantitative estimate of drug-likeness (QED) is 0.730. The van der Waals surface area contributed by atoms with E-state index in [0.717, 1.165) is 4.70 Å². The lowest BCUT2D eigenvalue weighted by Crippen LogP contribution is -1.82. The number of fused-ring (bicyclic) bond motifs is 1. The van der Waals surface area contributed by atoms with Gasteiger partial charge in [-0.2, -0.15) is 0 Å². The number of hydrogen-bond donors (Lipinski definition) is 1. The first kappa shape index (κ1) is 8.57. The summed E-state index contributed by atoms with van der Waals surface area (Å²) in [6.07, 6.45) is 0. The lowest BCUT2D eigenvalue weighted by atomic mass is 10.0. The molecule has 0 bridgehead atoms. The van der Waals surface area contributed by atoms with Crippen molar-refractivity contribution in [1.82, 2.24) is 0 Å². The molecule has 0 saturated heterocycles. The normalized spacial score (nSPS) is 11.3. The van der Waals surface area contributed by atoms with E-state index in [1.807, 2.05) is 6.07 Å². The molecular weight excluding hydrogens is 180 g/mol. The third-order valence-corrected chi connectivity index (χ3v) is 3.27. The van der Waals surface area contributed by atoms with E-state index in [-0.39, 0.29) is 0 Å². The lowest BCUT2D eigenvalue weighted by Gasteiger charge is -2.02. The van der Waals surface area contributed by atoms with Gasteiger partial charge in [0, 0.05) is 0 Å². The second kappa shape index (κ2) is 3.04. The Bertz CT molecular complexity index is 429. The number of aromatic hydroxyl groups is 1. The topological polar surface area (TPSA) is 20.2 Å². The van der Waals surface area contributed by atoms with Gasteiger partial charge < -0.3 is 5.11 Å². The Morgan fingerprint density at radius 3 is 2.77 bits per heavy atom. The second-order valence-electron chi connectivity index (χ2n) is 3.50. The minimum absolute atomic E-state index is 0.398. The average molecular weight is 192 g/mol. The van der Waals surface area contributed by atoms with Crippen molar-refractivity contribution in [3.05, 3.63) is 29.1 Å². The van der Waals surface area contributed by atoms with Crippen molar-refractivity contribution >= 4 is 21.4 Å². The molecule has 1 heterocycles. The van der Waals surface area contributed by atoms with Gasteiger partial charge >= 0.3 is 0 Å². The fourth-order valence-corrected chi connectivity index (χ4v) is 2.65. The van der Waals surface area contributed by atoms with Crippen molar-refractivity contribution < 1.29 is 5.11 Å². The minimum Gasteiger partial charge on any atom is -0.506 e. The Hall–Kier alpha value is -1.02. The molecule has 13 heavy (non-hydrogen) atoms. The molecule has 0 aliphatic carbocycles. The maximum absolute atomic E-state index is 9.58. The molecule has 68 valence electrons. The zero-order valence-electron chi connectivity index (χ0n) is 7.74. The van der Waals surface area contributed by atoms with Crippen LogP contribution in [0.25, 0.3) is 10.1 Å². The zero-order valence-corrected chi connectivity index (χ0v) is 8.56. The van der Waals surface area contributed by atoms with Crippen LogP contribution in [0.4, 0.5) is 0 Å². The van der Waals surface area contributed by atoms with Gasteiger partial charge in [-0.05, 0) is 28.3 Å². The Morgan fingerprint density at radius 2 is 2.08 bits per heavy atom. The predicted octanol–water partition coefficient (Wildman–Crippen LogP) is 3.73. The number of hydrogen-bond acceptors (Lipinski definition) is 2. The van der Waals surface area contributed by atoms with Crippen molar-refractivity contribution in [3.63, 3.8) is 0 Å². The molecule has 0 atom stereocenters. The summed E-state index contributed by atoms with van der Waals surface area (Å²) in [6, 6.07) is 5.71. The lowest BCUT2D eigenvalue weighted by molar-refractivity contribution is 0.482. The summed E-state index contributed by atoms with van der Waals surface area (Å²) in [5, 5.41) is 12.9. The number of benzene rings is 1. The first-order valence-corrected chi connectivity index (χ1v) is 5.27. The second-order valence-corrected chi connectivity index (χ2v) is 4.38. The van der Waals surface area contributed by atoms with Crippen LogP contribution in [0.1, 0.15) is 25.3 Å². The molecule has 1 aromatic carbocycles. The van der Waals surface area contributed by atoms with Crippen molar-refractivity contribution in [1.29, 1.82) is 0 Å². The van der Waals surface area contributed by atoms with E-state index in [2.05, 4.69) is 25.3 Å². The van der Waals surface area contributed by atoms with Gasteiger partial charge in [0.25, 0.3) is 0 Å². The van der Waals surface area contributed by atoms with Crippen molar-refractivity contribution in [2.24, 2.45) is 0 Å². The Balaban J connectivity index is 2.75. The molecule has 0 radical (unpaired) electrons. The van der Waals surface area contributed by atoms with Crippen LogP contribution in [0, 0.1) is 0 Å². The number of thiophene rings is 1. The summed E-state index contributed by atoms with van der Waals surface area (Å²) in [5.74, 6) is 0.921. The summed E-state index contributed by atoms with van der Waals surface area (Å²) in [5.41, 5.74) is 1.33. The molecule has 1 aromatic heterocycles. The van der Waals surface area contributed by atoms with Gasteiger partial charge in [-0.3, -0.25) is 0 Å². The smallest absolute Gasteiger partial charge is 0.133 e. The Labute approximate surface area is 81.6 Å². The van der Waals surface area contributed by atoms with Crippen LogP contribution in [0.5, 0.6) is 5.75 Å². The molecule has 0 unspecified atom stereocenters. The fraction of sp³-hybridized carbons (Fsp3) is 0.273. The van der Waals surface area contributed by atoms with E-state index < -0.39 is 0 Å². The summed E-state index contributed by atoms with van der Waals surface area (Å²) in [7, 11) is 0. The van der Waals surface area contributed by atoms with E-state index >= 15 is 0 Å². The average Bonchev–Trinajstić information content (AvgIpc) is 2.48. The van der Waals surface area contributed by atoms with Crippen LogP contribution in [-0.4, -0.2) is 5.11 Å². The maximum atomic E-state index is 9.58. The Morgan fingerprint density at radius 1 is 1.31 bits per heavy atom. The van der Waals surface area contributed by atoms with Gasteiger partial charge in [-0.25, -0.2) is 0 Å². The van der Waals surface area contributed by atoms with E-state index in [1.54, 1.807) is 17.4 Å². The van der Waals surface area contributed by atoms with E-state index in [0.29, 0.717) is 11.7 Å². The van der Waals surface area contributed by atoms with Crippen LogP contribution in [-0.2, 0) is 0 Å². The SMILES string of the molecule is CC(C)c1csc2c(O)cccc12. The van der Waals surface area contributed by atoms with Crippen molar-refractivity contribution in [2.75, 3.05) is 0 Å². The molecule has 2 aromatic rings. The predicted molar refractivity (Wildman–Crippen MR) is 57.6 cm³/mol. The standard InChI is InChI=1S/C11H12OS/c1-7(2)9-6-13-11-8(9)4-3-5-10(11)12/h3-7,12H,1-2H3. The molecule has 2 heteroatoms. The zero-order chi connectivity index (χ0) is 9.42. The molecule has 0 saturated carbocycles. The fourth-order valence-electron chi connectivity index (χ4n) is 1.51.